The summed E-state index contributed by atoms with van der Waals surface area (Å²) in [7, 11) is 0. The SMILES string of the molecule is CCOC(=O)c1cc(N(c2ccccc2)c2ccccc2C)ccc1-c1cc2cccc3c(C)cc4cccc1c4c23. The third kappa shape index (κ3) is 4.17. The number of carbonyl (C=O) groups excluding carboxylic acids is 1. The summed E-state index contributed by atoms with van der Waals surface area (Å²) in [6, 6.07) is 42.2. The molecule has 204 valence electrons. The molecule has 0 aliphatic rings. The zero-order valence-corrected chi connectivity index (χ0v) is 24.0. The predicted octanol–water partition coefficient (Wildman–Crippen LogP) is 10.5. The zero-order chi connectivity index (χ0) is 28.8. The third-order valence-corrected chi connectivity index (χ3v) is 8.25. The van der Waals surface area contributed by atoms with Gasteiger partial charge in [-0.3, -0.25) is 0 Å². The van der Waals surface area contributed by atoms with Crippen LogP contribution in [0.25, 0.3) is 43.4 Å². The van der Waals surface area contributed by atoms with E-state index in [2.05, 4.69) is 104 Å². The van der Waals surface area contributed by atoms with Crippen LogP contribution < -0.4 is 4.90 Å². The Morgan fingerprint density at radius 2 is 1.31 bits per heavy atom. The van der Waals surface area contributed by atoms with Crippen molar-refractivity contribution in [3.8, 4) is 11.1 Å². The highest BCUT2D eigenvalue weighted by Gasteiger charge is 2.22. The van der Waals surface area contributed by atoms with Crippen LogP contribution in [0, 0.1) is 13.8 Å². The van der Waals surface area contributed by atoms with Crippen LogP contribution in [-0.4, -0.2) is 12.6 Å². The average Bonchev–Trinajstić information content (AvgIpc) is 3.02. The molecule has 0 spiro atoms. The van der Waals surface area contributed by atoms with Gasteiger partial charge in [-0.2, -0.15) is 0 Å². The van der Waals surface area contributed by atoms with Gasteiger partial charge in [0.05, 0.1) is 12.2 Å². The van der Waals surface area contributed by atoms with E-state index in [-0.39, 0.29) is 5.97 Å². The van der Waals surface area contributed by atoms with Crippen molar-refractivity contribution in [3.05, 3.63) is 138 Å². The van der Waals surface area contributed by atoms with E-state index in [0.717, 1.165) is 39.1 Å². The quantitative estimate of drug-likeness (QED) is 0.154. The summed E-state index contributed by atoms with van der Waals surface area (Å²) in [6.45, 7) is 6.44. The number of hydrogen-bond acceptors (Lipinski definition) is 3. The Bertz CT molecular complexity index is 2090. The van der Waals surface area contributed by atoms with Crippen LogP contribution in [0.4, 0.5) is 17.1 Å². The lowest BCUT2D eigenvalue weighted by Gasteiger charge is -2.28. The van der Waals surface area contributed by atoms with E-state index in [1.807, 2.05) is 43.3 Å². The molecule has 0 N–H and O–H groups in total. The first-order chi connectivity index (χ1) is 20.5. The Hall–Kier alpha value is -5.15. The summed E-state index contributed by atoms with van der Waals surface area (Å²) in [6.07, 6.45) is 0. The number of aryl methyl sites for hydroxylation is 2. The molecule has 7 aromatic carbocycles. The van der Waals surface area contributed by atoms with Gasteiger partial charge in [0.15, 0.2) is 0 Å². The smallest absolute Gasteiger partial charge is 0.338 e. The second-order valence-corrected chi connectivity index (χ2v) is 10.8. The molecule has 0 bridgehead atoms. The molecule has 0 saturated carbocycles. The highest BCUT2D eigenvalue weighted by molar-refractivity contribution is 6.27. The van der Waals surface area contributed by atoms with Gasteiger partial charge in [0.1, 0.15) is 0 Å². The minimum absolute atomic E-state index is 0.304. The maximum absolute atomic E-state index is 13.7. The number of esters is 1. The number of ether oxygens (including phenoxy) is 1. The van der Waals surface area contributed by atoms with Crippen LogP contribution in [-0.2, 0) is 4.74 Å². The fourth-order valence-corrected chi connectivity index (χ4v) is 6.36. The Balaban J connectivity index is 1.51. The molecule has 7 aromatic rings. The van der Waals surface area contributed by atoms with Crippen LogP contribution >= 0.6 is 0 Å². The number of anilines is 3. The van der Waals surface area contributed by atoms with Gasteiger partial charge in [-0.15, -0.1) is 0 Å². The molecule has 0 aromatic heterocycles. The van der Waals surface area contributed by atoms with Gasteiger partial charge in [0, 0.05) is 17.1 Å². The van der Waals surface area contributed by atoms with E-state index in [0.29, 0.717) is 12.2 Å². The van der Waals surface area contributed by atoms with Crippen LogP contribution in [0.15, 0.2) is 121 Å². The van der Waals surface area contributed by atoms with Crippen LogP contribution in [0.5, 0.6) is 0 Å². The predicted molar refractivity (Wildman–Crippen MR) is 176 cm³/mol. The van der Waals surface area contributed by atoms with Gasteiger partial charge >= 0.3 is 5.97 Å². The molecule has 0 unspecified atom stereocenters. The summed E-state index contributed by atoms with van der Waals surface area (Å²) >= 11 is 0. The van der Waals surface area contributed by atoms with Crippen LogP contribution in [0.1, 0.15) is 28.4 Å². The third-order valence-electron chi connectivity index (χ3n) is 8.25. The molecule has 0 fully saturated rings. The molecular formula is C39H31NO2. The topological polar surface area (TPSA) is 29.5 Å². The molecule has 3 heteroatoms. The van der Waals surface area contributed by atoms with Gasteiger partial charge in [-0.25, -0.2) is 4.79 Å². The lowest BCUT2D eigenvalue weighted by atomic mass is 9.86. The lowest BCUT2D eigenvalue weighted by molar-refractivity contribution is 0.0527. The molecule has 0 amide bonds. The van der Waals surface area contributed by atoms with Gasteiger partial charge in [0.2, 0.25) is 0 Å². The minimum Gasteiger partial charge on any atom is -0.462 e. The van der Waals surface area contributed by atoms with Crippen molar-refractivity contribution in [2.24, 2.45) is 0 Å². The van der Waals surface area contributed by atoms with Crippen molar-refractivity contribution in [3.63, 3.8) is 0 Å². The number of hydrogen-bond donors (Lipinski definition) is 0. The largest absolute Gasteiger partial charge is 0.462 e. The standard InChI is InChI=1S/C39H31NO2/c1-4-42-39(41)35-24-30(40(29-15-6-5-7-16-29)36-19-9-8-12-25(36)2)20-21-32(35)34-23-28-14-10-17-31-26(3)22-27-13-11-18-33(34)38(27)37(28)31/h5-24H,4H2,1-3H3. The van der Waals surface area contributed by atoms with E-state index >= 15 is 0 Å². The van der Waals surface area contributed by atoms with E-state index in [4.69, 9.17) is 4.74 Å². The van der Waals surface area contributed by atoms with E-state index < -0.39 is 0 Å². The monoisotopic (exact) mass is 545 g/mol. The van der Waals surface area contributed by atoms with Crippen molar-refractivity contribution < 1.29 is 9.53 Å². The van der Waals surface area contributed by atoms with E-state index in [1.54, 1.807) is 0 Å². The van der Waals surface area contributed by atoms with Crippen molar-refractivity contribution in [1.29, 1.82) is 0 Å². The summed E-state index contributed by atoms with van der Waals surface area (Å²) in [4.78, 5) is 15.9. The second-order valence-electron chi connectivity index (χ2n) is 10.8. The van der Waals surface area contributed by atoms with Crippen LogP contribution in [0.2, 0.25) is 0 Å². The summed E-state index contributed by atoms with van der Waals surface area (Å²) in [5.41, 5.74) is 7.83. The fourth-order valence-electron chi connectivity index (χ4n) is 6.36. The van der Waals surface area contributed by atoms with Gasteiger partial charge in [-0.1, -0.05) is 84.9 Å². The normalized spacial score (nSPS) is 11.4. The molecule has 0 heterocycles. The number of para-hydroxylation sites is 2. The number of nitrogens with zero attached hydrogens (tertiary/aromatic N) is 1. The molecule has 0 radical (unpaired) electrons. The Labute approximate surface area is 245 Å². The maximum atomic E-state index is 13.7. The fraction of sp³-hybridized carbons (Fsp3) is 0.103. The molecule has 0 atom stereocenters. The highest BCUT2D eigenvalue weighted by atomic mass is 16.5. The van der Waals surface area contributed by atoms with Crippen LogP contribution in [0.3, 0.4) is 0 Å². The second kappa shape index (κ2) is 10.4. The van der Waals surface area contributed by atoms with E-state index in [9.17, 15) is 4.79 Å². The maximum Gasteiger partial charge on any atom is 0.338 e. The average molecular weight is 546 g/mol. The molecule has 0 aliphatic heterocycles. The summed E-state index contributed by atoms with van der Waals surface area (Å²) in [5.74, 6) is -0.326. The Kier molecular flexibility index (Phi) is 6.36. The van der Waals surface area contributed by atoms with E-state index in [1.165, 1.54) is 32.5 Å². The highest BCUT2D eigenvalue weighted by Crippen LogP contribution is 2.44. The molecule has 42 heavy (non-hydrogen) atoms. The van der Waals surface area contributed by atoms with Gasteiger partial charge in [0.25, 0.3) is 0 Å². The molecule has 0 aliphatic carbocycles. The lowest BCUT2D eigenvalue weighted by Crippen LogP contribution is -2.13. The molecule has 3 nitrogen and oxygen atoms in total. The van der Waals surface area contributed by atoms with Crippen molar-refractivity contribution >= 4 is 55.3 Å². The van der Waals surface area contributed by atoms with Crippen molar-refractivity contribution in [1.82, 2.24) is 0 Å². The van der Waals surface area contributed by atoms with Crippen molar-refractivity contribution in [2.75, 3.05) is 11.5 Å². The summed E-state index contributed by atoms with van der Waals surface area (Å²) < 4.78 is 5.66. The Morgan fingerprint density at radius 3 is 2.07 bits per heavy atom. The zero-order valence-electron chi connectivity index (χ0n) is 24.0. The van der Waals surface area contributed by atoms with Gasteiger partial charge < -0.3 is 9.64 Å². The number of carbonyl (C=O) groups is 1. The number of benzene rings is 7. The first kappa shape index (κ1) is 25.8. The molecule has 7 rings (SSSR count). The number of rotatable bonds is 6. The van der Waals surface area contributed by atoms with Gasteiger partial charge in [-0.05, 0) is 112 Å². The molecular weight excluding hydrogens is 514 g/mol. The first-order valence-corrected chi connectivity index (χ1v) is 14.4. The molecule has 0 saturated heterocycles. The Morgan fingerprint density at radius 1 is 0.619 bits per heavy atom. The minimum atomic E-state index is -0.326. The van der Waals surface area contributed by atoms with Crippen molar-refractivity contribution in [2.45, 2.75) is 20.8 Å². The summed E-state index contributed by atoms with van der Waals surface area (Å²) in [5, 5.41) is 7.28. The first-order valence-electron chi connectivity index (χ1n) is 14.4.